The van der Waals surface area contributed by atoms with Crippen LogP contribution in [-0.2, 0) is 17.8 Å². The minimum absolute atomic E-state index is 0.478. The third-order valence-corrected chi connectivity index (χ3v) is 8.21. The molecule has 0 radical (unpaired) electrons. The largest absolute Gasteiger partial charge is 0.368 e. The molecule has 1 amide bonds. The number of carbonyl (C=O) groups excluding carboxylic acids is 2. The van der Waals surface area contributed by atoms with E-state index in [9.17, 15) is 9.59 Å². The number of nitrogens with one attached hydrogen (secondary N) is 1. The van der Waals surface area contributed by atoms with E-state index in [1.165, 1.54) is 5.56 Å². The number of aryl methyl sites for hydroxylation is 2. The molecule has 0 atom stereocenters. The van der Waals surface area contributed by atoms with Gasteiger partial charge >= 0.3 is 0 Å². The van der Waals surface area contributed by atoms with E-state index in [0.29, 0.717) is 11.4 Å². The van der Waals surface area contributed by atoms with Gasteiger partial charge in [-0.15, -0.1) is 0 Å². The van der Waals surface area contributed by atoms with Crippen molar-refractivity contribution in [1.29, 1.82) is 0 Å². The summed E-state index contributed by atoms with van der Waals surface area (Å²) in [5.41, 5.74) is 7.77. The van der Waals surface area contributed by atoms with E-state index in [1.807, 2.05) is 55.5 Å². The van der Waals surface area contributed by atoms with Crippen molar-refractivity contribution in [3.63, 3.8) is 0 Å². The number of ketones is 1. The maximum Gasteiger partial charge on any atom is 0.298 e. The molecule has 7 nitrogen and oxygen atoms in total. The molecule has 0 spiro atoms. The Kier molecular flexibility index (Phi) is 7.59. The molecular weight excluding hydrogens is 510 g/mol. The average Bonchev–Trinajstić information content (AvgIpc) is 3.17. The van der Waals surface area contributed by atoms with Gasteiger partial charge in [-0.3, -0.25) is 9.59 Å². The minimum atomic E-state index is -0.600. The average molecular weight is 548 g/mol. The highest BCUT2D eigenvalue weighted by Gasteiger charge is 2.26. The molecule has 2 aromatic heterocycles. The van der Waals surface area contributed by atoms with Gasteiger partial charge in [0, 0.05) is 61.0 Å². The molecule has 1 fully saturated rings. The van der Waals surface area contributed by atoms with E-state index in [2.05, 4.69) is 50.9 Å². The normalized spacial score (nSPS) is 15.3. The van der Waals surface area contributed by atoms with Crippen LogP contribution in [0, 0.1) is 13.8 Å². The summed E-state index contributed by atoms with van der Waals surface area (Å²) in [7, 11) is 0. The summed E-state index contributed by atoms with van der Waals surface area (Å²) in [5.74, 6) is -0.0485. The fraction of sp³-hybridized carbons (Fsp3) is 0.324. The Morgan fingerprint density at radius 2 is 1.51 bits per heavy atom. The molecule has 0 saturated carbocycles. The van der Waals surface area contributed by atoms with Crippen LogP contribution in [0.1, 0.15) is 46.7 Å². The maximum atomic E-state index is 13.4. The summed E-state index contributed by atoms with van der Waals surface area (Å²) in [6.07, 6.45) is 4.14. The number of hydrogen-bond acceptors (Lipinski definition) is 5. The van der Waals surface area contributed by atoms with Gasteiger partial charge in [-0.25, -0.2) is 4.98 Å². The highest BCUT2D eigenvalue weighted by Crippen LogP contribution is 2.32. The number of rotatable bonds is 6. The van der Waals surface area contributed by atoms with Gasteiger partial charge in [-0.05, 0) is 86.7 Å². The molecular formula is C34H37N5O2. The van der Waals surface area contributed by atoms with Crippen molar-refractivity contribution < 1.29 is 9.59 Å². The molecule has 0 bridgehead atoms. The second-order valence-electron chi connectivity index (χ2n) is 11.2. The predicted octanol–water partition coefficient (Wildman–Crippen LogP) is 6.04. The van der Waals surface area contributed by atoms with Crippen LogP contribution in [0.3, 0.4) is 0 Å². The number of carbonyl (C=O) groups is 2. The Bertz CT molecular complexity index is 1530. The number of piperazine rings is 1. The van der Waals surface area contributed by atoms with Crippen molar-refractivity contribution in [2.45, 2.75) is 46.1 Å². The summed E-state index contributed by atoms with van der Waals surface area (Å²) >= 11 is 0. The molecule has 2 aromatic carbocycles. The van der Waals surface area contributed by atoms with Crippen LogP contribution in [0.5, 0.6) is 0 Å². The molecule has 2 aliphatic heterocycles. The lowest BCUT2D eigenvalue weighted by Crippen LogP contribution is -2.46. The standard InChI is InChI=1S/C34H37N5O2/c1-24-21-25(2)35-32(22-24)38-19-17-37(18-20-38)28-14-12-27(13-15-28)36-34(41)33(40)31-23-29(26-9-5-3-6-10-26)30-11-7-4-8-16-39(30)31/h3,5-6,9-10,12-15,21-23H,4,7-8,11,16-20H2,1-2H3,(H,36,41). The van der Waals surface area contributed by atoms with Crippen LogP contribution in [0.4, 0.5) is 17.2 Å². The monoisotopic (exact) mass is 547 g/mol. The molecule has 2 aliphatic rings. The molecule has 41 heavy (non-hydrogen) atoms. The Morgan fingerprint density at radius 1 is 0.780 bits per heavy atom. The van der Waals surface area contributed by atoms with Gasteiger partial charge in [0.1, 0.15) is 5.82 Å². The first-order valence-electron chi connectivity index (χ1n) is 14.6. The predicted molar refractivity (Wildman–Crippen MR) is 165 cm³/mol. The first kappa shape index (κ1) is 26.8. The highest BCUT2D eigenvalue weighted by molar-refractivity contribution is 6.46. The van der Waals surface area contributed by atoms with E-state index in [0.717, 1.165) is 92.4 Å². The van der Waals surface area contributed by atoms with Gasteiger partial charge in [0.15, 0.2) is 0 Å². The van der Waals surface area contributed by atoms with Crippen LogP contribution in [0.2, 0.25) is 0 Å². The number of amides is 1. The topological polar surface area (TPSA) is 70.5 Å². The lowest BCUT2D eigenvalue weighted by atomic mass is 10.0. The molecule has 6 rings (SSSR count). The van der Waals surface area contributed by atoms with Gasteiger partial charge in [0.25, 0.3) is 11.7 Å². The number of fused-ring (bicyclic) bond motifs is 1. The quantitative estimate of drug-likeness (QED) is 0.235. The van der Waals surface area contributed by atoms with Crippen molar-refractivity contribution >= 4 is 28.9 Å². The van der Waals surface area contributed by atoms with E-state index < -0.39 is 11.7 Å². The Morgan fingerprint density at radius 3 is 2.24 bits per heavy atom. The molecule has 7 heteroatoms. The zero-order valence-corrected chi connectivity index (χ0v) is 23.9. The number of anilines is 3. The number of Topliss-reactive ketones (excluding diaryl/α,β-unsaturated/α-hetero) is 1. The number of nitrogens with zero attached hydrogens (tertiary/aromatic N) is 4. The van der Waals surface area contributed by atoms with Crippen molar-refractivity contribution in [2.24, 2.45) is 0 Å². The molecule has 4 aromatic rings. The SMILES string of the molecule is Cc1cc(C)nc(N2CCN(c3ccc(NC(=O)C(=O)c4cc(-c5ccccc5)c5n4CCCCC5)cc3)CC2)c1. The lowest BCUT2D eigenvalue weighted by molar-refractivity contribution is -0.112. The zero-order chi connectivity index (χ0) is 28.3. The second kappa shape index (κ2) is 11.6. The molecule has 4 heterocycles. The van der Waals surface area contributed by atoms with Crippen LogP contribution < -0.4 is 15.1 Å². The summed E-state index contributed by atoms with van der Waals surface area (Å²) in [6.45, 7) is 8.49. The van der Waals surface area contributed by atoms with Crippen molar-refractivity contribution in [3.05, 3.63) is 95.4 Å². The third kappa shape index (κ3) is 5.75. The fourth-order valence-electron chi connectivity index (χ4n) is 6.14. The Hall–Kier alpha value is -4.39. The van der Waals surface area contributed by atoms with Gasteiger partial charge in [0.05, 0.1) is 5.69 Å². The summed E-state index contributed by atoms with van der Waals surface area (Å²) in [6, 6.07) is 24.1. The van der Waals surface area contributed by atoms with Gasteiger partial charge in [-0.2, -0.15) is 0 Å². The van der Waals surface area contributed by atoms with Gasteiger partial charge in [0.2, 0.25) is 0 Å². The van der Waals surface area contributed by atoms with E-state index >= 15 is 0 Å². The van der Waals surface area contributed by atoms with Crippen molar-refractivity contribution in [3.8, 4) is 11.1 Å². The smallest absolute Gasteiger partial charge is 0.298 e. The van der Waals surface area contributed by atoms with E-state index in [4.69, 9.17) is 4.98 Å². The van der Waals surface area contributed by atoms with Gasteiger partial charge < -0.3 is 19.7 Å². The Balaban J connectivity index is 1.12. The third-order valence-electron chi connectivity index (χ3n) is 8.21. The molecule has 1 saturated heterocycles. The summed E-state index contributed by atoms with van der Waals surface area (Å²) in [5, 5.41) is 2.84. The molecule has 210 valence electrons. The first-order valence-corrected chi connectivity index (χ1v) is 14.6. The maximum absolute atomic E-state index is 13.4. The van der Waals surface area contributed by atoms with Crippen LogP contribution in [0.25, 0.3) is 11.1 Å². The van der Waals surface area contributed by atoms with E-state index in [-0.39, 0.29) is 0 Å². The number of hydrogen-bond donors (Lipinski definition) is 1. The van der Waals surface area contributed by atoms with Crippen LogP contribution in [-0.4, -0.2) is 47.4 Å². The number of benzene rings is 2. The zero-order valence-electron chi connectivity index (χ0n) is 23.9. The number of aromatic nitrogens is 2. The molecule has 1 N–H and O–H groups in total. The van der Waals surface area contributed by atoms with Gasteiger partial charge in [-0.1, -0.05) is 36.8 Å². The lowest BCUT2D eigenvalue weighted by Gasteiger charge is -2.37. The molecule has 0 unspecified atom stereocenters. The van der Waals surface area contributed by atoms with E-state index in [1.54, 1.807) is 0 Å². The van der Waals surface area contributed by atoms with Crippen molar-refractivity contribution in [2.75, 3.05) is 41.3 Å². The summed E-state index contributed by atoms with van der Waals surface area (Å²) in [4.78, 5) is 36.0. The highest BCUT2D eigenvalue weighted by atomic mass is 16.2. The van der Waals surface area contributed by atoms with Crippen LogP contribution in [0.15, 0.2) is 72.8 Å². The second-order valence-corrected chi connectivity index (χ2v) is 11.2. The number of pyridine rings is 1. The van der Waals surface area contributed by atoms with Crippen LogP contribution >= 0.6 is 0 Å². The minimum Gasteiger partial charge on any atom is -0.368 e. The summed E-state index contributed by atoms with van der Waals surface area (Å²) < 4.78 is 2.08. The van der Waals surface area contributed by atoms with Crippen molar-refractivity contribution in [1.82, 2.24) is 9.55 Å². The first-order chi connectivity index (χ1) is 20.0. The molecule has 0 aliphatic carbocycles. The Labute approximate surface area is 241 Å². The fourth-order valence-corrected chi connectivity index (χ4v) is 6.14.